The Balaban J connectivity index is 1.92. The van der Waals surface area contributed by atoms with E-state index in [1.54, 1.807) is 12.4 Å². The van der Waals surface area contributed by atoms with Crippen molar-refractivity contribution < 1.29 is 0 Å². The molecule has 0 atom stereocenters. The zero-order valence-electron chi connectivity index (χ0n) is 11.8. The molecule has 0 fully saturated rings. The first-order valence-corrected chi connectivity index (χ1v) is 7.73. The maximum Gasteiger partial charge on any atom is 0.171 e. The van der Waals surface area contributed by atoms with Gasteiger partial charge >= 0.3 is 0 Å². The van der Waals surface area contributed by atoms with E-state index in [0.29, 0.717) is 6.54 Å². The summed E-state index contributed by atoms with van der Waals surface area (Å²) >= 11 is 3.50. The molecule has 21 heavy (non-hydrogen) atoms. The Morgan fingerprint density at radius 2 is 2.24 bits per heavy atom. The number of nitrogens with one attached hydrogen (secondary N) is 1. The monoisotopic (exact) mass is 345 g/mol. The third-order valence-electron chi connectivity index (χ3n) is 3.18. The molecule has 0 bridgehead atoms. The predicted octanol–water partition coefficient (Wildman–Crippen LogP) is 3.45. The molecule has 3 rings (SSSR count). The van der Waals surface area contributed by atoms with Crippen LogP contribution >= 0.6 is 15.9 Å². The van der Waals surface area contributed by atoms with Gasteiger partial charge in [0.2, 0.25) is 0 Å². The lowest BCUT2D eigenvalue weighted by molar-refractivity contribution is 0.855. The van der Waals surface area contributed by atoms with Crippen LogP contribution < -0.4 is 5.32 Å². The molecule has 0 radical (unpaired) electrons. The third-order valence-corrected chi connectivity index (χ3v) is 3.74. The van der Waals surface area contributed by atoms with Crippen LogP contribution in [-0.2, 0) is 13.0 Å². The summed E-state index contributed by atoms with van der Waals surface area (Å²) < 4.78 is 2.73. The first-order chi connectivity index (χ1) is 10.3. The van der Waals surface area contributed by atoms with Gasteiger partial charge in [-0.1, -0.05) is 19.4 Å². The number of aryl methyl sites for hydroxylation is 1. The van der Waals surface area contributed by atoms with Gasteiger partial charge in [-0.3, -0.25) is 4.98 Å². The molecule has 3 aromatic rings. The van der Waals surface area contributed by atoms with Crippen LogP contribution in [-0.4, -0.2) is 19.6 Å². The van der Waals surface area contributed by atoms with Crippen molar-refractivity contribution in [1.82, 2.24) is 19.6 Å². The van der Waals surface area contributed by atoms with E-state index in [1.807, 2.05) is 22.8 Å². The van der Waals surface area contributed by atoms with E-state index in [4.69, 9.17) is 0 Å². The average molecular weight is 346 g/mol. The fourth-order valence-electron chi connectivity index (χ4n) is 2.19. The summed E-state index contributed by atoms with van der Waals surface area (Å²) in [5.74, 6) is 0.943. The van der Waals surface area contributed by atoms with E-state index in [1.165, 1.54) is 0 Å². The average Bonchev–Trinajstić information content (AvgIpc) is 2.88. The molecule has 0 saturated carbocycles. The molecule has 0 amide bonds. The van der Waals surface area contributed by atoms with Crippen molar-refractivity contribution in [2.45, 2.75) is 26.3 Å². The van der Waals surface area contributed by atoms with E-state index >= 15 is 0 Å². The van der Waals surface area contributed by atoms with Gasteiger partial charge in [-0.25, -0.2) is 4.98 Å². The Hall–Kier alpha value is -1.95. The first-order valence-electron chi connectivity index (χ1n) is 6.94. The van der Waals surface area contributed by atoms with E-state index in [9.17, 15) is 0 Å². The topological polar surface area (TPSA) is 55.1 Å². The molecule has 5 nitrogen and oxygen atoms in total. The Bertz CT molecular complexity index is 738. The van der Waals surface area contributed by atoms with Crippen LogP contribution in [0.25, 0.3) is 5.65 Å². The van der Waals surface area contributed by atoms with Crippen molar-refractivity contribution >= 4 is 27.4 Å². The number of aromatic nitrogens is 4. The van der Waals surface area contributed by atoms with Crippen LogP contribution in [0, 0.1) is 0 Å². The molecule has 0 saturated heterocycles. The minimum Gasteiger partial charge on any atom is -0.366 e. The van der Waals surface area contributed by atoms with Gasteiger partial charge in [-0.2, -0.15) is 9.61 Å². The summed E-state index contributed by atoms with van der Waals surface area (Å²) in [6, 6.07) is 6.04. The Morgan fingerprint density at radius 1 is 1.33 bits per heavy atom. The minimum absolute atomic E-state index is 0.704. The molecule has 0 aliphatic rings. The standard InChI is InChI=1S/C15H16BrN5/c1-2-4-12-7-14(18-9-11-5-3-6-17-8-11)21-15(20-12)13(16)10-19-21/h3,5-8,10,18H,2,4,9H2,1H3. The molecular weight excluding hydrogens is 330 g/mol. The molecule has 0 spiro atoms. The summed E-state index contributed by atoms with van der Waals surface area (Å²) in [5.41, 5.74) is 3.04. The maximum absolute atomic E-state index is 4.64. The lowest BCUT2D eigenvalue weighted by Crippen LogP contribution is -2.07. The number of anilines is 1. The third kappa shape index (κ3) is 3.05. The number of rotatable bonds is 5. The Kier molecular flexibility index (Phi) is 4.15. The van der Waals surface area contributed by atoms with Crippen molar-refractivity contribution in [1.29, 1.82) is 0 Å². The fourth-order valence-corrected chi connectivity index (χ4v) is 2.54. The molecule has 3 aromatic heterocycles. The van der Waals surface area contributed by atoms with Crippen LogP contribution in [0.2, 0.25) is 0 Å². The molecule has 108 valence electrons. The van der Waals surface area contributed by atoms with Crippen molar-refractivity contribution in [2.24, 2.45) is 0 Å². The summed E-state index contributed by atoms with van der Waals surface area (Å²) in [4.78, 5) is 8.77. The molecule has 0 aliphatic carbocycles. The largest absolute Gasteiger partial charge is 0.366 e. The van der Waals surface area contributed by atoms with E-state index in [0.717, 1.165) is 40.0 Å². The SMILES string of the molecule is CCCc1cc(NCc2cccnc2)n2ncc(Br)c2n1. The number of hydrogen-bond donors (Lipinski definition) is 1. The zero-order valence-corrected chi connectivity index (χ0v) is 13.3. The smallest absolute Gasteiger partial charge is 0.171 e. The second-order valence-corrected chi connectivity index (χ2v) is 5.68. The summed E-state index contributed by atoms with van der Waals surface area (Å²) in [6.07, 6.45) is 7.43. The quantitative estimate of drug-likeness (QED) is 0.769. The van der Waals surface area contributed by atoms with Crippen molar-refractivity contribution in [3.05, 3.63) is 52.5 Å². The Labute approximate surface area is 131 Å². The molecule has 0 aromatic carbocycles. The van der Waals surface area contributed by atoms with Crippen molar-refractivity contribution in [2.75, 3.05) is 5.32 Å². The Morgan fingerprint density at radius 3 is 3.00 bits per heavy atom. The number of nitrogens with zero attached hydrogens (tertiary/aromatic N) is 4. The number of halogens is 1. The predicted molar refractivity (Wildman–Crippen MR) is 86.2 cm³/mol. The molecule has 0 unspecified atom stereocenters. The van der Waals surface area contributed by atoms with Gasteiger partial charge in [-0.05, 0) is 34.0 Å². The second-order valence-electron chi connectivity index (χ2n) is 4.83. The van der Waals surface area contributed by atoms with E-state index < -0.39 is 0 Å². The normalized spacial score (nSPS) is 11.0. The molecular formula is C15H16BrN5. The highest BCUT2D eigenvalue weighted by Gasteiger charge is 2.09. The van der Waals surface area contributed by atoms with E-state index in [2.05, 4.69) is 49.3 Å². The van der Waals surface area contributed by atoms with Gasteiger partial charge in [0, 0.05) is 30.7 Å². The molecule has 1 N–H and O–H groups in total. The molecule has 3 heterocycles. The first kappa shape index (κ1) is 14.0. The highest BCUT2D eigenvalue weighted by Crippen LogP contribution is 2.21. The summed E-state index contributed by atoms with van der Waals surface area (Å²) in [6.45, 7) is 2.86. The van der Waals surface area contributed by atoms with Crippen molar-refractivity contribution in [3.63, 3.8) is 0 Å². The number of hydrogen-bond acceptors (Lipinski definition) is 4. The maximum atomic E-state index is 4.64. The van der Waals surface area contributed by atoms with E-state index in [-0.39, 0.29) is 0 Å². The molecule has 6 heteroatoms. The second kappa shape index (κ2) is 6.22. The van der Waals surface area contributed by atoms with Gasteiger partial charge < -0.3 is 5.32 Å². The summed E-state index contributed by atoms with van der Waals surface area (Å²) in [7, 11) is 0. The highest BCUT2D eigenvalue weighted by molar-refractivity contribution is 9.10. The number of pyridine rings is 1. The lowest BCUT2D eigenvalue weighted by atomic mass is 10.2. The van der Waals surface area contributed by atoms with Gasteiger partial charge in [0.05, 0.1) is 10.7 Å². The van der Waals surface area contributed by atoms with Crippen LogP contribution in [0.1, 0.15) is 24.6 Å². The van der Waals surface area contributed by atoms with Crippen molar-refractivity contribution in [3.8, 4) is 0 Å². The van der Waals surface area contributed by atoms with Crippen LogP contribution in [0.4, 0.5) is 5.82 Å². The van der Waals surface area contributed by atoms with Crippen LogP contribution in [0.15, 0.2) is 41.3 Å². The van der Waals surface area contributed by atoms with Gasteiger partial charge in [0.15, 0.2) is 5.65 Å². The minimum atomic E-state index is 0.704. The fraction of sp³-hybridized carbons (Fsp3) is 0.267. The van der Waals surface area contributed by atoms with Crippen LogP contribution in [0.5, 0.6) is 0 Å². The zero-order chi connectivity index (χ0) is 14.7. The van der Waals surface area contributed by atoms with Gasteiger partial charge in [-0.15, -0.1) is 0 Å². The van der Waals surface area contributed by atoms with Gasteiger partial charge in [0.1, 0.15) is 5.82 Å². The number of fused-ring (bicyclic) bond motifs is 1. The molecule has 0 aliphatic heterocycles. The summed E-state index contributed by atoms with van der Waals surface area (Å²) in [5, 5.41) is 7.78. The van der Waals surface area contributed by atoms with Gasteiger partial charge in [0.25, 0.3) is 0 Å². The highest BCUT2D eigenvalue weighted by atomic mass is 79.9. The lowest BCUT2D eigenvalue weighted by Gasteiger charge is -2.10. The van der Waals surface area contributed by atoms with Crippen LogP contribution in [0.3, 0.4) is 0 Å².